The third kappa shape index (κ3) is 7.76. The van der Waals surface area contributed by atoms with Crippen LogP contribution in [-0.4, -0.2) is 65.3 Å². The molecule has 0 radical (unpaired) electrons. The van der Waals surface area contributed by atoms with Crippen molar-refractivity contribution in [2.75, 3.05) is 39.4 Å². The Morgan fingerprint density at radius 1 is 1.19 bits per heavy atom. The zero-order valence-electron chi connectivity index (χ0n) is 19.2. The zero-order valence-corrected chi connectivity index (χ0v) is 21.6. The van der Waals surface area contributed by atoms with E-state index in [1.165, 1.54) is 11.1 Å². The molecular weight excluding hydrogens is 503 g/mol. The summed E-state index contributed by atoms with van der Waals surface area (Å²) >= 11 is 0. The van der Waals surface area contributed by atoms with E-state index in [0.29, 0.717) is 6.54 Å². The highest BCUT2D eigenvalue weighted by atomic mass is 127. The molecule has 0 bridgehead atoms. The molecule has 1 aliphatic rings. The van der Waals surface area contributed by atoms with Crippen molar-refractivity contribution in [3.63, 3.8) is 0 Å². The van der Waals surface area contributed by atoms with Crippen LogP contribution in [0.3, 0.4) is 0 Å². The number of benzene rings is 1. The highest BCUT2D eigenvalue weighted by molar-refractivity contribution is 14.0. The highest BCUT2D eigenvalue weighted by Gasteiger charge is 2.28. The van der Waals surface area contributed by atoms with Crippen LogP contribution in [0, 0.1) is 6.92 Å². The quantitative estimate of drug-likeness (QED) is 0.306. The molecule has 1 fully saturated rings. The van der Waals surface area contributed by atoms with Gasteiger partial charge in [-0.15, -0.1) is 24.0 Å². The van der Waals surface area contributed by atoms with Crippen LogP contribution in [0.2, 0.25) is 0 Å². The van der Waals surface area contributed by atoms with E-state index in [1.54, 1.807) is 0 Å². The molecule has 1 saturated heterocycles. The second kappa shape index (κ2) is 12.4. The first-order valence-electron chi connectivity index (χ1n) is 10.9. The molecule has 31 heavy (non-hydrogen) atoms. The molecule has 0 saturated carbocycles. The number of halogens is 1. The monoisotopic (exact) mass is 540 g/mol. The summed E-state index contributed by atoms with van der Waals surface area (Å²) in [5.74, 6) is 1.88. The topological polar surface area (TPSA) is 66.7 Å². The van der Waals surface area contributed by atoms with Crippen LogP contribution in [0.4, 0.5) is 0 Å². The number of ether oxygens (including phenoxy) is 1. The number of nitrogens with one attached hydrogen (secondary N) is 2. The van der Waals surface area contributed by atoms with Gasteiger partial charge in [0.1, 0.15) is 5.82 Å². The van der Waals surface area contributed by atoms with Crippen LogP contribution >= 0.6 is 24.0 Å². The molecule has 1 aliphatic heterocycles. The maximum atomic E-state index is 5.49. The Kier molecular flexibility index (Phi) is 10.2. The van der Waals surface area contributed by atoms with Crippen LogP contribution < -0.4 is 10.6 Å². The molecule has 3 rings (SSSR count). The molecule has 0 spiro atoms. The van der Waals surface area contributed by atoms with E-state index in [-0.39, 0.29) is 29.5 Å². The average molecular weight is 540 g/mol. The van der Waals surface area contributed by atoms with Crippen molar-refractivity contribution in [2.45, 2.75) is 46.3 Å². The summed E-state index contributed by atoms with van der Waals surface area (Å²) in [7, 11) is 0. The lowest BCUT2D eigenvalue weighted by atomic mass is 10.0. The number of hydrogen-bond acceptors (Lipinski definition) is 4. The second-order valence-corrected chi connectivity index (χ2v) is 8.38. The molecule has 1 aromatic heterocycles. The van der Waals surface area contributed by atoms with Crippen molar-refractivity contribution in [3.05, 3.63) is 53.6 Å². The number of imidazole rings is 1. The predicted molar refractivity (Wildman–Crippen MR) is 137 cm³/mol. The minimum absolute atomic E-state index is 0. The van der Waals surface area contributed by atoms with Gasteiger partial charge >= 0.3 is 0 Å². The Labute approximate surface area is 203 Å². The molecule has 172 valence electrons. The number of rotatable bonds is 8. The van der Waals surface area contributed by atoms with E-state index >= 15 is 0 Å². The number of aliphatic imine (C=N–C) groups is 1. The first kappa shape index (κ1) is 25.6. The fourth-order valence-electron chi connectivity index (χ4n) is 3.69. The number of hydrogen-bond donors (Lipinski definition) is 2. The van der Waals surface area contributed by atoms with Crippen molar-refractivity contribution in [2.24, 2.45) is 4.99 Å². The summed E-state index contributed by atoms with van der Waals surface area (Å²) in [4.78, 5) is 11.6. The Morgan fingerprint density at radius 3 is 2.61 bits per heavy atom. The molecule has 2 heterocycles. The number of aryl methyl sites for hydroxylation is 1. The van der Waals surface area contributed by atoms with Crippen LogP contribution in [0.25, 0.3) is 0 Å². The van der Waals surface area contributed by atoms with E-state index < -0.39 is 0 Å². The molecular formula is C23H37IN6O. The lowest BCUT2D eigenvalue weighted by Crippen LogP contribution is -2.56. The van der Waals surface area contributed by atoms with Gasteiger partial charge < -0.3 is 19.9 Å². The maximum Gasteiger partial charge on any atom is 0.191 e. The van der Waals surface area contributed by atoms with Gasteiger partial charge in [0.25, 0.3) is 0 Å². The molecule has 0 aliphatic carbocycles. The zero-order chi connectivity index (χ0) is 21.4. The number of aromatic nitrogens is 2. The number of guanidine groups is 1. The van der Waals surface area contributed by atoms with Gasteiger partial charge in [-0.2, -0.15) is 0 Å². The summed E-state index contributed by atoms with van der Waals surface area (Å²) in [6, 6.07) is 8.62. The Morgan fingerprint density at radius 2 is 1.94 bits per heavy atom. The largest absolute Gasteiger partial charge is 0.379 e. The first-order chi connectivity index (χ1) is 14.5. The smallest absolute Gasteiger partial charge is 0.191 e. The van der Waals surface area contributed by atoms with Gasteiger partial charge in [-0.05, 0) is 38.8 Å². The van der Waals surface area contributed by atoms with Crippen LogP contribution in [0.15, 0.2) is 41.7 Å². The van der Waals surface area contributed by atoms with Gasteiger partial charge in [0.15, 0.2) is 5.96 Å². The van der Waals surface area contributed by atoms with Crippen LogP contribution in [0.1, 0.15) is 37.7 Å². The summed E-state index contributed by atoms with van der Waals surface area (Å²) in [6.45, 7) is 15.4. The fraction of sp³-hybridized carbons (Fsp3) is 0.565. The van der Waals surface area contributed by atoms with Gasteiger partial charge in [0.2, 0.25) is 0 Å². The van der Waals surface area contributed by atoms with E-state index in [9.17, 15) is 0 Å². The fourth-order valence-corrected chi connectivity index (χ4v) is 3.69. The van der Waals surface area contributed by atoms with Crippen molar-refractivity contribution in [1.82, 2.24) is 25.1 Å². The highest BCUT2D eigenvalue weighted by Crippen LogP contribution is 2.15. The molecule has 2 N–H and O–H groups in total. The van der Waals surface area contributed by atoms with E-state index in [0.717, 1.165) is 57.7 Å². The molecule has 2 aromatic rings. The van der Waals surface area contributed by atoms with Crippen molar-refractivity contribution in [1.29, 1.82) is 0 Å². The van der Waals surface area contributed by atoms with Gasteiger partial charge in [-0.3, -0.25) is 4.90 Å². The molecule has 7 nitrogen and oxygen atoms in total. The van der Waals surface area contributed by atoms with Crippen LogP contribution in [-0.2, 0) is 17.8 Å². The lowest BCUT2D eigenvalue weighted by molar-refractivity contribution is -0.00834. The van der Waals surface area contributed by atoms with Crippen molar-refractivity contribution >= 4 is 29.9 Å². The number of morpholine rings is 1. The summed E-state index contributed by atoms with van der Waals surface area (Å²) in [6.07, 6.45) is 3.86. The SMILES string of the molecule is CCNC(=NCc1cccc(Cn2ccnc2C)c1)NCC(C)(C)N1CCOCC1.I. The van der Waals surface area contributed by atoms with Gasteiger partial charge in [0.05, 0.1) is 19.8 Å². The molecule has 0 atom stereocenters. The normalized spacial score (nSPS) is 15.4. The Bertz CT molecular complexity index is 829. The minimum atomic E-state index is 0. The second-order valence-electron chi connectivity index (χ2n) is 8.38. The predicted octanol–water partition coefficient (Wildman–Crippen LogP) is 3.02. The number of nitrogens with zero attached hydrogens (tertiary/aromatic N) is 4. The van der Waals surface area contributed by atoms with Crippen LogP contribution in [0.5, 0.6) is 0 Å². The van der Waals surface area contributed by atoms with Crippen molar-refractivity contribution < 1.29 is 4.74 Å². The summed E-state index contributed by atoms with van der Waals surface area (Å²) < 4.78 is 7.65. The Balaban J connectivity index is 0.00000341. The molecule has 0 unspecified atom stereocenters. The molecule has 1 aromatic carbocycles. The Hall–Kier alpha value is -1.65. The molecule has 8 heteroatoms. The average Bonchev–Trinajstić information content (AvgIpc) is 3.15. The standard InChI is InChI=1S/C23H36N6O.HI/c1-5-24-22(27-18-23(3,4)29-11-13-30-14-12-29)26-16-20-7-6-8-21(15-20)17-28-10-9-25-19(28)2;/h6-10,15H,5,11-14,16-18H2,1-4H3,(H2,24,26,27);1H. The third-order valence-electron chi connectivity index (χ3n) is 5.59. The summed E-state index contributed by atoms with van der Waals surface area (Å²) in [5.41, 5.74) is 2.51. The molecule has 0 amide bonds. The minimum Gasteiger partial charge on any atom is -0.379 e. The van der Waals surface area contributed by atoms with E-state index in [2.05, 4.69) is 70.1 Å². The lowest BCUT2D eigenvalue weighted by Gasteiger charge is -2.41. The van der Waals surface area contributed by atoms with Crippen molar-refractivity contribution in [3.8, 4) is 0 Å². The third-order valence-corrected chi connectivity index (χ3v) is 5.59. The van der Waals surface area contributed by atoms with Gasteiger partial charge in [-0.1, -0.05) is 24.3 Å². The summed E-state index contributed by atoms with van der Waals surface area (Å²) in [5, 5.41) is 6.90. The first-order valence-corrected chi connectivity index (χ1v) is 10.9. The van der Waals surface area contributed by atoms with Gasteiger partial charge in [0, 0.05) is 50.7 Å². The maximum absolute atomic E-state index is 5.49. The van der Waals surface area contributed by atoms with Gasteiger partial charge in [-0.25, -0.2) is 9.98 Å². The van der Waals surface area contributed by atoms with E-state index in [1.807, 2.05) is 19.3 Å². The van der Waals surface area contributed by atoms with E-state index in [4.69, 9.17) is 9.73 Å².